The quantitative estimate of drug-likeness (QED) is 0.710. The van der Waals surface area contributed by atoms with Crippen LogP contribution in [0.1, 0.15) is 23.2 Å². The summed E-state index contributed by atoms with van der Waals surface area (Å²) in [5, 5.41) is 6.30. The molecule has 7 heteroatoms. The molecule has 0 atom stereocenters. The van der Waals surface area contributed by atoms with E-state index < -0.39 is 5.91 Å². The van der Waals surface area contributed by atoms with Crippen LogP contribution in [-0.4, -0.2) is 23.4 Å². The Kier molecular flexibility index (Phi) is 3.56. The number of primary amides is 1. The first-order chi connectivity index (χ1) is 9.06. The minimum Gasteiger partial charge on any atom is -0.366 e. The maximum absolute atomic E-state index is 11.8. The van der Waals surface area contributed by atoms with E-state index in [0.717, 1.165) is 0 Å². The lowest BCUT2D eigenvalue weighted by atomic mass is 10.1. The normalized spacial score (nSPS) is 14.3. The summed E-state index contributed by atoms with van der Waals surface area (Å²) in [5.74, 6) is -1.12. The molecule has 1 aromatic carbocycles. The molecule has 0 saturated carbocycles. The number of nitrogens with zero attached hydrogens (tertiary/aromatic N) is 1. The highest BCUT2D eigenvalue weighted by atomic mass is 16.2. The molecular formula is C12H12N4O3. The van der Waals surface area contributed by atoms with Crippen molar-refractivity contribution in [3.8, 4) is 0 Å². The van der Waals surface area contributed by atoms with Crippen molar-refractivity contribution in [1.82, 2.24) is 5.43 Å². The summed E-state index contributed by atoms with van der Waals surface area (Å²) in [6.07, 6.45) is 0.546. The lowest BCUT2D eigenvalue weighted by molar-refractivity contribution is -0.121. The monoisotopic (exact) mass is 260 g/mol. The van der Waals surface area contributed by atoms with E-state index in [4.69, 9.17) is 5.73 Å². The number of nitrogens with one attached hydrogen (secondary N) is 2. The largest absolute Gasteiger partial charge is 0.366 e. The van der Waals surface area contributed by atoms with Gasteiger partial charge in [-0.3, -0.25) is 14.4 Å². The van der Waals surface area contributed by atoms with E-state index >= 15 is 0 Å². The summed E-state index contributed by atoms with van der Waals surface area (Å²) in [7, 11) is 0. The zero-order valence-corrected chi connectivity index (χ0v) is 9.97. The van der Waals surface area contributed by atoms with Crippen LogP contribution in [0.2, 0.25) is 0 Å². The van der Waals surface area contributed by atoms with E-state index in [2.05, 4.69) is 15.8 Å². The molecule has 98 valence electrons. The fraction of sp³-hybridized carbons (Fsp3) is 0.167. The fourth-order valence-electron chi connectivity index (χ4n) is 1.56. The maximum Gasteiger partial charge on any atom is 0.271 e. The zero-order valence-electron chi connectivity index (χ0n) is 9.97. The standard InChI is InChI=1S/C12H12N4O3/c13-11(18)7-1-3-8(4-2-7)14-12(19)9-5-6-10(17)16-15-9/h1-4H,5-6H2,(H2,13,18)(H,14,19)(H,16,17). The van der Waals surface area contributed by atoms with Gasteiger partial charge in [-0.05, 0) is 24.3 Å². The Morgan fingerprint density at radius 2 is 1.89 bits per heavy atom. The molecule has 1 aromatic rings. The zero-order chi connectivity index (χ0) is 13.8. The van der Waals surface area contributed by atoms with E-state index in [1.54, 1.807) is 12.1 Å². The van der Waals surface area contributed by atoms with Crippen LogP contribution >= 0.6 is 0 Å². The third-order valence-corrected chi connectivity index (χ3v) is 2.59. The molecule has 0 aromatic heterocycles. The molecular weight excluding hydrogens is 248 g/mol. The summed E-state index contributed by atoms with van der Waals surface area (Å²) < 4.78 is 0. The molecule has 3 amide bonds. The van der Waals surface area contributed by atoms with Gasteiger partial charge in [-0.25, -0.2) is 5.43 Å². The first-order valence-electron chi connectivity index (χ1n) is 5.63. The average molecular weight is 260 g/mol. The van der Waals surface area contributed by atoms with Gasteiger partial charge in [0.25, 0.3) is 5.91 Å². The molecule has 1 aliphatic heterocycles. The summed E-state index contributed by atoms with van der Waals surface area (Å²) >= 11 is 0. The van der Waals surface area contributed by atoms with Crippen LogP contribution in [0.3, 0.4) is 0 Å². The number of nitrogens with two attached hydrogens (primary N) is 1. The van der Waals surface area contributed by atoms with Crippen molar-refractivity contribution >= 4 is 29.1 Å². The first kappa shape index (κ1) is 12.7. The van der Waals surface area contributed by atoms with Crippen molar-refractivity contribution < 1.29 is 14.4 Å². The van der Waals surface area contributed by atoms with Crippen LogP contribution < -0.4 is 16.5 Å². The Hall–Kier alpha value is -2.70. The Morgan fingerprint density at radius 3 is 2.42 bits per heavy atom. The van der Waals surface area contributed by atoms with Crippen LogP contribution in [-0.2, 0) is 9.59 Å². The average Bonchev–Trinajstić information content (AvgIpc) is 2.40. The minimum atomic E-state index is -0.530. The van der Waals surface area contributed by atoms with E-state index in [1.165, 1.54) is 12.1 Å². The van der Waals surface area contributed by atoms with Crippen LogP contribution in [0.4, 0.5) is 5.69 Å². The molecule has 19 heavy (non-hydrogen) atoms. The molecule has 4 N–H and O–H groups in total. The highest BCUT2D eigenvalue weighted by molar-refractivity contribution is 6.43. The number of carbonyl (C=O) groups is 3. The number of hydrazone groups is 1. The van der Waals surface area contributed by atoms with Crippen molar-refractivity contribution in [2.24, 2.45) is 10.8 Å². The van der Waals surface area contributed by atoms with Gasteiger partial charge in [0.15, 0.2) is 0 Å². The van der Waals surface area contributed by atoms with Gasteiger partial charge in [0, 0.05) is 24.1 Å². The molecule has 0 fully saturated rings. The molecule has 0 aliphatic carbocycles. The molecule has 0 bridgehead atoms. The van der Waals surface area contributed by atoms with Crippen molar-refractivity contribution in [1.29, 1.82) is 0 Å². The second kappa shape index (κ2) is 5.30. The second-order valence-corrected chi connectivity index (χ2v) is 3.99. The Balaban J connectivity index is 2.03. The molecule has 0 unspecified atom stereocenters. The van der Waals surface area contributed by atoms with Gasteiger partial charge in [-0.1, -0.05) is 0 Å². The summed E-state index contributed by atoms with van der Waals surface area (Å²) in [6.45, 7) is 0. The highest BCUT2D eigenvalue weighted by Gasteiger charge is 2.18. The summed E-state index contributed by atoms with van der Waals surface area (Å²) in [4.78, 5) is 33.6. The van der Waals surface area contributed by atoms with Gasteiger partial charge >= 0.3 is 0 Å². The van der Waals surface area contributed by atoms with Crippen molar-refractivity contribution in [2.75, 3.05) is 5.32 Å². The lowest BCUT2D eigenvalue weighted by Crippen LogP contribution is -2.32. The van der Waals surface area contributed by atoms with Gasteiger partial charge in [0.1, 0.15) is 5.71 Å². The Morgan fingerprint density at radius 1 is 1.21 bits per heavy atom. The number of rotatable bonds is 3. The fourth-order valence-corrected chi connectivity index (χ4v) is 1.56. The maximum atomic E-state index is 11.8. The first-order valence-corrected chi connectivity index (χ1v) is 5.63. The van der Waals surface area contributed by atoms with Crippen LogP contribution in [0, 0.1) is 0 Å². The topological polar surface area (TPSA) is 114 Å². The SMILES string of the molecule is NC(=O)c1ccc(NC(=O)C2=NNC(=O)CC2)cc1. The predicted octanol–water partition coefficient (Wildman–Crippen LogP) is -0.0100. The number of benzene rings is 1. The van der Waals surface area contributed by atoms with Gasteiger partial charge in [-0.2, -0.15) is 5.10 Å². The number of hydrogen-bond donors (Lipinski definition) is 3. The smallest absolute Gasteiger partial charge is 0.271 e. The van der Waals surface area contributed by atoms with Gasteiger partial charge in [0.05, 0.1) is 0 Å². The molecule has 1 heterocycles. The third kappa shape index (κ3) is 3.15. The highest BCUT2D eigenvalue weighted by Crippen LogP contribution is 2.10. The van der Waals surface area contributed by atoms with E-state index in [-0.39, 0.29) is 23.9 Å². The molecule has 2 rings (SSSR count). The molecule has 0 saturated heterocycles. The number of anilines is 1. The molecule has 1 aliphatic rings. The number of amides is 3. The van der Waals surface area contributed by atoms with Crippen molar-refractivity contribution in [3.05, 3.63) is 29.8 Å². The Labute approximate surface area is 108 Å². The summed E-state index contributed by atoms with van der Waals surface area (Å²) in [6, 6.07) is 6.17. The molecule has 0 spiro atoms. The molecule has 0 radical (unpaired) electrons. The van der Waals surface area contributed by atoms with Gasteiger partial charge in [-0.15, -0.1) is 0 Å². The minimum absolute atomic E-state index is 0.206. The predicted molar refractivity (Wildman–Crippen MR) is 68.4 cm³/mol. The van der Waals surface area contributed by atoms with Crippen molar-refractivity contribution in [2.45, 2.75) is 12.8 Å². The van der Waals surface area contributed by atoms with Gasteiger partial charge < -0.3 is 11.1 Å². The van der Waals surface area contributed by atoms with Crippen LogP contribution in [0.25, 0.3) is 0 Å². The van der Waals surface area contributed by atoms with Gasteiger partial charge in [0.2, 0.25) is 11.8 Å². The van der Waals surface area contributed by atoms with E-state index in [0.29, 0.717) is 17.7 Å². The number of hydrogen-bond acceptors (Lipinski definition) is 4. The second-order valence-electron chi connectivity index (χ2n) is 3.99. The lowest BCUT2D eigenvalue weighted by Gasteiger charge is -2.12. The number of carbonyl (C=O) groups excluding carboxylic acids is 3. The van der Waals surface area contributed by atoms with E-state index in [9.17, 15) is 14.4 Å². The van der Waals surface area contributed by atoms with Crippen LogP contribution in [0.5, 0.6) is 0 Å². The Bertz CT molecular complexity index is 563. The van der Waals surface area contributed by atoms with Crippen molar-refractivity contribution in [3.63, 3.8) is 0 Å². The third-order valence-electron chi connectivity index (χ3n) is 2.59. The summed E-state index contributed by atoms with van der Waals surface area (Å²) in [5.41, 5.74) is 8.51. The van der Waals surface area contributed by atoms with E-state index in [1.807, 2.05) is 0 Å². The molecule has 7 nitrogen and oxygen atoms in total. The van der Waals surface area contributed by atoms with Crippen LogP contribution in [0.15, 0.2) is 29.4 Å².